The molecule has 0 fully saturated rings. The maximum Gasteiger partial charge on any atom is 0.136 e. The molecule has 0 bridgehead atoms. The van der Waals surface area contributed by atoms with Gasteiger partial charge in [-0.2, -0.15) is 0 Å². The summed E-state index contributed by atoms with van der Waals surface area (Å²) >= 11 is 0. The molecule has 1 aliphatic rings. The van der Waals surface area contributed by atoms with Crippen LogP contribution in [0.3, 0.4) is 0 Å². The van der Waals surface area contributed by atoms with E-state index in [9.17, 15) is 0 Å². The summed E-state index contributed by atoms with van der Waals surface area (Å²) in [7, 11) is 0. The number of furan rings is 3. The molecule has 3 aromatic heterocycles. The van der Waals surface area contributed by atoms with Gasteiger partial charge >= 0.3 is 0 Å². The second kappa shape index (κ2) is 13.2. The largest absolute Gasteiger partial charge is 0.456 e. The van der Waals surface area contributed by atoms with E-state index in [0.717, 1.165) is 76.9 Å². The monoisotopic (exact) mass is 840 g/mol. The van der Waals surface area contributed by atoms with Crippen molar-refractivity contribution in [3.8, 4) is 33.4 Å². The highest BCUT2D eigenvalue weighted by molar-refractivity contribution is 6.27. The number of benzene rings is 11. The van der Waals surface area contributed by atoms with E-state index in [1.54, 1.807) is 0 Å². The molecular weight excluding hydrogens is 805 g/mol. The van der Waals surface area contributed by atoms with Crippen LogP contribution in [0, 0.1) is 0 Å². The average Bonchev–Trinajstić information content (AvgIpc) is 4.13. The van der Waals surface area contributed by atoms with Crippen molar-refractivity contribution in [3.63, 3.8) is 0 Å². The minimum absolute atomic E-state index is 0.485. The van der Waals surface area contributed by atoms with E-state index < -0.39 is 5.41 Å². The van der Waals surface area contributed by atoms with E-state index in [1.807, 2.05) is 24.3 Å². The van der Waals surface area contributed by atoms with Crippen LogP contribution in [0.2, 0.25) is 0 Å². The van der Waals surface area contributed by atoms with Gasteiger partial charge in [-0.15, -0.1) is 0 Å². The standard InChI is InChI=1S/C63H36O3/c1-3-15-39(16-4-1)63(40-17-5-2-6-18-40)49-25-13-11-23-45(49)59-50(63)30-32-53-60(59)47-29-27-38(36-56(47)66-53)58-43-21-9-7-19-41(43)57(42-20-8-10-22-44(42)58)37-28-31-52-48(35-37)62-55(65-52)34-33-54-61(62)46-24-12-14-26-51(46)64-54/h1-36H. The summed E-state index contributed by atoms with van der Waals surface area (Å²) in [5.41, 5.74) is 16.9. The van der Waals surface area contributed by atoms with Crippen LogP contribution in [0.5, 0.6) is 0 Å². The third-order valence-corrected chi connectivity index (χ3v) is 14.5. The Bertz CT molecular complexity index is 4240. The molecule has 306 valence electrons. The fraction of sp³-hybridized carbons (Fsp3) is 0.0159. The molecule has 0 unspecified atom stereocenters. The van der Waals surface area contributed by atoms with Gasteiger partial charge in [-0.25, -0.2) is 0 Å². The van der Waals surface area contributed by atoms with Gasteiger partial charge < -0.3 is 13.3 Å². The maximum absolute atomic E-state index is 6.96. The van der Waals surface area contributed by atoms with E-state index in [2.05, 4.69) is 194 Å². The van der Waals surface area contributed by atoms with Gasteiger partial charge in [0.15, 0.2) is 0 Å². The Labute approximate surface area is 378 Å². The summed E-state index contributed by atoms with van der Waals surface area (Å²) in [6, 6.07) is 79.0. The summed E-state index contributed by atoms with van der Waals surface area (Å²) in [6.45, 7) is 0. The van der Waals surface area contributed by atoms with Gasteiger partial charge in [-0.1, -0.05) is 170 Å². The minimum Gasteiger partial charge on any atom is -0.456 e. The van der Waals surface area contributed by atoms with Crippen molar-refractivity contribution in [2.45, 2.75) is 5.41 Å². The third-order valence-electron chi connectivity index (χ3n) is 14.5. The van der Waals surface area contributed by atoms with E-state index in [1.165, 1.54) is 66.1 Å². The summed E-state index contributed by atoms with van der Waals surface area (Å²) in [6.07, 6.45) is 0. The molecular formula is C63H36O3. The molecule has 14 aromatic rings. The molecule has 66 heavy (non-hydrogen) atoms. The highest BCUT2D eigenvalue weighted by Crippen LogP contribution is 2.59. The number of fused-ring (bicyclic) bond motifs is 16. The predicted octanol–water partition coefficient (Wildman–Crippen LogP) is 17.4. The Morgan fingerprint density at radius 1 is 0.258 bits per heavy atom. The van der Waals surface area contributed by atoms with E-state index in [0.29, 0.717) is 0 Å². The quantitative estimate of drug-likeness (QED) is 0.166. The lowest BCUT2D eigenvalue weighted by Gasteiger charge is -2.33. The first-order valence-electron chi connectivity index (χ1n) is 22.7. The number of para-hydroxylation sites is 1. The first-order chi connectivity index (χ1) is 32.7. The van der Waals surface area contributed by atoms with Crippen LogP contribution in [-0.2, 0) is 5.41 Å². The molecule has 0 radical (unpaired) electrons. The Hall–Kier alpha value is -8.66. The van der Waals surface area contributed by atoms with E-state index in [4.69, 9.17) is 13.3 Å². The SMILES string of the molecule is c1ccc(C2(c3ccccc3)c3ccccc3-c3c2ccc2oc4cc(-c5c6ccccc6c(-c6ccc7oc8ccc9oc%10ccccc%10c9c8c7c6)c6ccccc56)ccc4c32)cc1. The summed E-state index contributed by atoms with van der Waals surface area (Å²) < 4.78 is 19.8. The molecule has 15 rings (SSSR count). The molecule has 0 saturated carbocycles. The van der Waals surface area contributed by atoms with Crippen molar-refractivity contribution >= 4 is 87.4 Å². The number of hydrogen-bond acceptors (Lipinski definition) is 3. The van der Waals surface area contributed by atoms with Crippen LogP contribution in [-0.4, -0.2) is 0 Å². The molecule has 0 atom stereocenters. The van der Waals surface area contributed by atoms with Crippen molar-refractivity contribution in [2.75, 3.05) is 0 Å². The Kier molecular flexibility index (Phi) is 7.15. The maximum atomic E-state index is 6.96. The fourth-order valence-corrected chi connectivity index (χ4v) is 11.9. The smallest absolute Gasteiger partial charge is 0.136 e. The van der Waals surface area contributed by atoms with Crippen molar-refractivity contribution in [1.29, 1.82) is 0 Å². The summed E-state index contributed by atoms with van der Waals surface area (Å²) in [4.78, 5) is 0. The minimum atomic E-state index is -0.485. The van der Waals surface area contributed by atoms with Gasteiger partial charge in [-0.05, 0) is 126 Å². The van der Waals surface area contributed by atoms with Gasteiger partial charge in [0.25, 0.3) is 0 Å². The molecule has 3 heteroatoms. The summed E-state index contributed by atoms with van der Waals surface area (Å²) in [5, 5.41) is 11.4. The van der Waals surface area contributed by atoms with E-state index >= 15 is 0 Å². The second-order valence-electron chi connectivity index (χ2n) is 17.8. The fourth-order valence-electron chi connectivity index (χ4n) is 11.9. The lowest BCUT2D eigenvalue weighted by atomic mass is 9.67. The molecule has 11 aromatic carbocycles. The van der Waals surface area contributed by atoms with Crippen LogP contribution in [0.4, 0.5) is 0 Å². The predicted molar refractivity (Wildman–Crippen MR) is 271 cm³/mol. The topological polar surface area (TPSA) is 39.4 Å². The van der Waals surface area contributed by atoms with E-state index in [-0.39, 0.29) is 0 Å². The molecule has 0 N–H and O–H groups in total. The molecule has 3 heterocycles. The Morgan fingerprint density at radius 2 is 0.712 bits per heavy atom. The first kappa shape index (κ1) is 35.8. The zero-order chi connectivity index (χ0) is 43.1. The lowest BCUT2D eigenvalue weighted by molar-refractivity contribution is 0.663. The van der Waals surface area contributed by atoms with Crippen LogP contribution in [0.25, 0.3) is 121 Å². The van der Waals surface area contributed by atoms with Gasteiger partial charge in [0.05, 0.1) is 5.41 Å². The van der Waals surface area contributed by atoms with Gasteiger partial charge in [0.2, 0.25) is 0 Å². The third kappa shape index (κ3) is 4.66. The highest BCUT2D eigenvalue weighted by Gasteiger charge is 2.47. The van der Waals surface area contributed by atoms with Crippen LogP contribution < -0.4 is 0 Å². The van der Waals surface area contributed by atoms with Crippen LogP contribution >= 0.6 is 0 Å². The number of rotatable bonds is 4. The molecule has 0 saturated heterocycles. The normalized spacial score (nSPS) is 13.3. The van der Waals surface area contributed by atoms with Crippen molar-refractivity contribution in [3.05, 3.63) is 241 Å². The van der Waals surface area contributed by atoms with Crippen molar-refractivity contribution in [2.24, 2.45) is 0 Å². The first-order valence-corrected chi connectivity index (χ1v) is 22.7. The van der Waals surface area contributed by atoms with Crippen molar-refractivity contribution in [1.82, 2.24) is 0 Å². The van der Waals surface area contributed by atoms with Gasteiger partial charge in [-0.3, -0.25) is 0 Å². The zero-order valence-corrected chi connectivity index (χ0v) is 35.5. The van der Waals surface area contributed by atoms with Gasteiger partial charge in [0.1, 0.15) is 33.5 Å². The van der Waals surface area contributed by atoms with Crippen molar-refractivity contribution < 1.29 is 13.3 Å². The van der Waals surface area contributed by atoms with Gasteiger partial charge in [0, 0.05) is 32.3 Å². The lowest BCUT2D eigenvalue weighted by Crippen LogP contribution is -2.28. The molecule has 1 aliphatic carbocycles. The highest BCUT2D eigenvalue weighted by atomic mass is 16.3. The zero-order valence-electron chi connectivity index (χ0n) is 35.5. The molecule has 0 spiro atoms. The molecule has 3 nitrogen and oxygen atoms in total. The Morgan fingerprint density at radius 3 is 1.38 bits per heavy atom. The number of hydrogen-bond donors (Lipinski definition) is 0. The Balaban J connectivity index is 0.955. The molecule has 0 amide bonds. The average molecular weight is 841 g/mol. The molecule has 0 aliphatic heterocycles. The van der Waals surface area contributed by atoms with Crippen LogP contribution in [0.1, 0.15) is 22.3 Å². The summed E-state index contributed by atoms with van der Waals surface area (Å²) in [5.74, 6) is 0. The van der Waals surface area contributed by atoms with Crippen LogP contribution in [0.15, 0.2) is 232 Å². The second-order valence-corrected chi connectivity index (χ2v) is 17.8.